The largest absolute Gasteiger partial charge is 0.428 e. The van der Waals surface area contributed by atoms with Gasteiger partial charge in [-0.3, -0.25) is 0 Å². The van der Waals surface area contributed by atoms with Gasteiger partial charge in [0.15, 0.2) is 0 Å². The summed E-state index contributed by atoms with van der Waals surface area (Å²) in [6.45, 7) is 1.86. The van der Waals surface area contributed by atoms with Crippen molar-refractivity contribution in [2.75, 3.05) is 13.2 Å². The molecule has 1 rings (SSSR count). The van der Waals surface area contributed by atoms with Crippen LogP contribution in [0.15, 0.2) is 0 Å². The van der Waals surface area contributed by atoms with Gasteiger partial charge < -0.3 is 9.16 Å². The summed E-state index contributed by atoms with van der Waals surface area (Å²) in [4.78, 5) is 0. The highest BCUT2D eigenvalue weighted by molar-refractivity contribution is 5.97. The molecule has 0 saturated carbocycles. The Morgan fingerprint density at radius 1 is 1.86 bits per heavy atom. The summed E-state index contributed by atoms with van der Waals surface area (Å²) in [6, 6.07) is 0. The highest BCUT2D eigenvalue weighted by Crippen LogP contribution is 2.12. The molecular formula is C4H10O2Si. The lowest BCUT2D eigenvalue weighted by Gasteiger charge is -1.90. The third-order valence-corrected chi connectivity index (χ3v) is 1.45. The maximum atomic E-state index is 4.95. The molecule has 42 valence electrons. The molecule has 0 amide bonds. The molecule has 3 heteroatoms. The van der Waals surface area contributed by atoms with E-state index in [0.717, 1.165) is 30.1 Å². The third kappa shape index (κ3) is 2.06. The van der Waals surface area contributed by atoms with E-state index in [-0.39, 0.29) is 0 Å². The minimum absolute atomic E-state index is 0.550. The molecule has 0 spiro atoms. The quantitative estimate of drug-likeness (QED) is 0.353. The summed E-state index contributed by atoms with van der Waals surface area (Å²) in [5, 5.41) is 0. The fourth-order valence-corrected chi connectivity index (χ4v) is 0.720. The lowest BCUT2D eigenvalue weighted by atomic mass is 10.4. The van der Waals surface area contributed by atoms with Crippen LogP contribution in [0.2, 0.25) is 0 Å². The molecule has 1 fully saturated rings. The molecule has 1 aliphatic heterocycles. The first kappa shape index (κ1) is 5.28. The zero-order chi connectivity index (χ0) is 5.11. The number of epoxide rings is 1. The predicted octanol–water partition coefficient (Wildman–Crippen LogP) is -0.928. The zero-order valence-electron chi connectivity index (χ0n) is 4.52. The van der Waals surface area contributed by atoms with E-state index in [9.17, 15) is 0 Å². The van der Waals surface area contributed by atoms with Crippen LogP contribution in [0.4, 0.5) is 0 Å². The highest BCUT2D eigenvalue weighted by Gasteiger charge is 2.20. The molecule has 0 aromatic rings. The summed E-state index contributed by atoms with van der Waals surface area (Å²) in [7, 11) is 0.867. The second kappa shape index (κ2) is 2.45. The summed E-state index contributed by atoms with van der Waals surface area (Å²) < 4.78 is 9.90. The molecule has 0 bridgehead atoms. The van der Waals surface area contributed by atoms with Crippen molar-refractivity contribution >= 4 is 10.5 Å². The van der Waals surface area contributed by atoms with Crippen LogP contribution >= 0.6 is 0 Å². The van der Waals surface area contributed by atoms with Gasteiger partial charge >= 0.3 is 0 Å². The van der Waals surface area contributed by atoms with E-state index in [1.165, 1.54) is 0 Å². The average Bonchev–Trinajstić information content (AvgIpc) is 2.42. The summed E-state index contributed by atoms with van der Waals surface area (Å²) in [5.74, 6) is 0. The Kier molecular flexibility index (Phi) is 1.84. The minimum Gasteiger partial charge on any atom is -0.428 e. The van der Waals surface area contributed by atoms with Crippen molar-refractivity contribution in [1.82, 2.24) is 0 Å². The lowest BCUT2D eigenvalue weighted by Crippen LogP contribution is -1.93. The third-order valence-electron chi connectivity index (χ3n) is 1.05. The molecule has 7 heavy (non-hydrogen) atoms. The van der Waals surface area contributed by atoms with Crippen LogP contribution in [0.5, 0.6) is 0 Å². The Morgan fingerprint density at radius 2 is 2.57 bits per heavy atom. The molecule has 1 aliphatic rings. The Balaban J connectivity index is 1.80. The molecule has 1 saturated heterocycles. The Labute approximate surface area is 46.3 Å². The Bertz CT molecular complexity index is 53.7. The molecule has 0 radical (unpaired) electrons. The standard InChI is InChI=1S/C4H10O2Si/c7-6-2-1-4-3-5-4/h4H,1-3H2,7H3. The zero-order valence-corrected chi connectivity index (χ0v) is 6.52. The molecule has 1 heterocycles. The van der Waals surface area contributed by atoms with E-state index in [1.54, 1.807) is 0 Å². The average molecular weight is 118 g/mol. The Hall–Kier alpha value is 0.137. The van der Waals surface area contributed by atoms with E-state index >= 15 is 0 Å². The molecule has 0 aromatic carbocycles. The van der Waals surface area contributed by atoms with Crippen molar-refractivity contribution in [1.29, 1.82) is 0 Å². The van der Waals surface area contributed by atoms with Crippen LogP contribution in [-0.2, 0) is 9.16 Å². The molecule has 1 atom stereocenters. The van der Waals surface area contributed by atoms with E-state index in [2.05, 4.69) is 0 Å². The maximum absolute atomic E-state index is 4.95. The molecule has 1 unspecified atom stereocenters. The molecule has 2 nitrogen and oxygen atoms in total. The van der Waals surface area contributed by atoms with Gasteiger partial charge in [-0.15, -0.1) is 0 Å². The van der Waals surface area contributed by atoms with Crippen molar-refractivity contribution in [2.24, 2.45) is 0 Å². The first-order chi connectivity index (χ1) is 3.43. The Morgan fingerprint density at radius 3 is 3.00 bits per heavy atom. The number of ether oxygens (including phenoxy) is 1. The van der Waals surface area contributed by atoms with Gasteiger partial charge in [0.1, 0.15) is 10.5 Å². The van der Waals surface area contributed by atoms with Crippen LogP contribution in [0.25, 0.3) is 0 Å². The monoisotopic (exact) mass is 118 g/mol. The van der Waals surface area contributed by atoms with Gasteiger partial charge in [-0.1, -0.05) is 0 Å². The lowest BCUT2D eigenvalue weighted by molar-refractivity contribution is 0.303. The molecule has 0 aliphatic carbocycles. The second-order valence-electron chi connectivity index (χ2n) is 1.74. The van der Waals surface area contributed by atoms with Gasteiger partial charge in [-0.2, -0.15) is 0 Å². The van der Waals surface area contributed by atoms with Crippen LogP contribution in [-0.4, -0.2) is 29.8 Å². The van der Waals surface area contributed by atoms with Crippen molar-refractivity contribution in [3.63, 3.8) is 0 Å². The van der Waals surface area contributed by atoms with E-state index in [0.29, 0.717) is 6.10 Å². The van der Waals surface area contributed by atoms with Gasteiger partial charge in [0.25, 0.3) is 0 Å². The number of hydrogen-bond acceptors (Lipinski definition) is 2. The number of hydrogen-bond donors (Lipinski definition) is 0. The van der Waals surface area contributed by atoms with Crippen molar-refractivity contribution in [3.8, 4) is 0 Å². The summed E-state index contributed by atoms with van der Waals surface area (Å²) >= 11 is 0. The molecule has 0 aromatic heterocycles. The van der Waals surface area contributed by atoms with Crippen molar-refractivity contribution in [2.45, 2.75) is 12.5 Å². The first-order valence-electron chi connectivity index (χ1n) is 2.54. The van der Waals surface area contributed by atoms with Gasteiger partial charge in [0, 0.05) is 6.61 Å². The van der Waals surface area contributed by atoms with E-state index in [1.807, 2.05) is 0 Å². The van der Waals surface area contributed by atoms with Gasteiger partial charge in [0.2, 0.25) is 0 Å². The molecular weight excluding hydrogens is 108 g/mol. The normalized spacial score (nSPS) is 28.3. The SMILES string of the molecule is [SiH3]OCCC1CO1. The predicted molar refractivity (Wildman–Crippen MR) is 30.2 cm³/mol. The first-order valence-corrected chi connectivity index (χ1v) is 3.35. The maximum Gasteiger partial charge on any atom is 0.145 e. The topological polar surface area (TPSA) is 21.8 Å². The number of rotatable bonds is 3. The van der Waals surface area contributed by atoms with E-state index in [4.69, 9.17) is 9.16 Å². The molecule has 0 N–H and O–H groups in total. The highest BCUT2D eigenvalue weighted by atomic mass is 28.2. The van der Waals surface area contributed by atoms with E-state index < -0.39 is 0 Å². The van der Waals surface area contributed by atoms with Crippen LogP contribution in [0, 0.1) is 0 Å². The van der Waals surface area contributed by atoms with Crippen molar-refractivity contribution < 1.29 is 9.16 Å². The van der Waals surface area contributed by atoms with Gasteiger partial charge in [-0.25, -0.2) is 0 Å². The minimum atomic E-state index is 0.550. The van der Waals surface area contributed by atoms with Crippen molar-refractivity contribution in [3.05, 3.63) is 0 Å². The van der Waals surface area contributed by atoms with Crippen LogP contribution in [0.3, 0.4) is 0 Å². The fourth-order valence-electron chi connectivity index (χ4n) is 0.484. The fraction of sp³-hybridized carbons (Fsp3) is 1.00. The summed E-state index contributed by atoms with van der Waals surface area (Å²) in [6.07, 6.45) is 1.65. The van der Waals surface area contributed by atoms with Gasteiger partial charge in [0.05, 0.1) is 12.7 Å². The van der Waals surface area contributed by atoms with Crippen LogP contribution < -0.4 is 0 Å². The van der Waals surface area contributed by atoms with Gasteiger partial charge in [-0.05, 0) is 6.42 Å². The smallest absolute Gasteiger partial charge is 0.145 e. The second-order valence-corrected chi connectivity index (χ2v) is 2.31. The summed E-state index contributed by atoms with van der Waals surface area (Å²) in [5.41, 5.74) is 0. The van der Waals surface area contributed by atoms with Crippen LogP contribution in [0.1, 0.15) is 6.42 Å².